The van der Waals surface area contributed by atoms with E-state index in [-0.39, 0.29) is 5.91 Å². The first-order valence-corrected chi connectivity index (χ1v) is 8.24. The van der Waals surface area contributed by atoms with Crippen LogP contribution in [0.1, 0.15) is 34.0 Å². The molecule has 0 aliphatic carbocycles. The molecule has 0 spiro atoms. The van der Waals surface area contributed by atoms with Gasteiger partial charge in [0.05, 0.1) is 5.56 Å². The zero-order valence-electron chi connectivity index (χ0n) is 13.6. The van der Waals surface area contributed by atoms with Crippen molar-refractivity contribution < 1.29 is 14.3 Å². The number of fused-ring (bicyclic) bond motifs is 2. The normalized spacial score (nSPS) is 22.4. The number of amides is 1. The second-order valence-corrected chi connectivity index (χ2v) is 6.70. The largest absolute Gasteiger partial charge is 0.445 e. The number of carbonyl (C=O) groups excluding carboxylic acids is 2. The number of hydrogen-bond acceptors (Lipinski definition) is 3. The summed E-state index contributed by atoms with van der Waals surface area (Å²) in [5.41, 5.74) is 2.77. The van der Waals surface area contributed by atoms with E-state index >= 15 is 0 Å². The summed E-state index contributed by atoms with van der Waals surface area (Å²) in [7, 11) is 0. The van der Waals surface area contributed by atoms with Gasteiger partial charge in [0.2, 0.25) is 0 Å². The third kappa shape index (κ3) is 2.39. The number of benzene rings is 2. The van der Waals surface area contributed by atoms with E-state index in [4.69, 9.17) is 4.74 Å². The van der Waals surface area contributed by atoms with Crippen LogP contribution in [-0.4, -0.2) is 28.9 Å². The zero-order valence-corrected chi connectivity index (χ0v) is 13.6. The van der Waals surface area contributed by atoms with E-state index in [1.54, 1.807) is 13.0 Å². The summed E-state index contributed by atoms with van der Waals surface area (Å²) < 4.78 is 5.57. The molecular weight excluding hydrogens is 302 g/mol. The van der Waals surface area contributed by atoms with Crippen molar-refractivity contribution in [1.82, 2.24) is 4.90 Å². The van der Waals surface area contributed by atoms with Crippen molar-refractivity contribution in [2.45, 2.75) is 31.9 Å². The highest BCUT2D eigenvalue weighted by Crippen LogP contribution is 2.31. The Bertz CT molecular complexity index is 829. The fraction of sp³-hybridized carbons (Fsp3) is 0.300. The van der Waals surface area contributed by atoms with Crippen LogP contribution < -0.4 is 0 Å². The lowest BCUT2D eigenvalue weighted by molar-refractivity contribution is -0.152. The van der Waals surface area contributed by atoms with Crippen LogP contribution in [0.2, 0.25) is 0 Å². The summed E-state index contributed by atoms with van der Waals surface area (Å²) in [6.07, 6.45) is 1.26. The molecule has 122 valence electrons. The van der Waals surface area contributed by atoms with Crippen molar-refractivity contribution in [3.8, 4) is 0 Å². The summed E-state index contributed by atoms with van der Waals surface area (Å²) in [6, 6.07) is 15.5. The van der Waals surface area contributed by atoms with Crippen molar-refractivity contribution in [2.75, 3.05) is 6.54 Å². The van der Waals surface area contributed by atoms with Gasteiger partial charge in [-0.25, -0.2) is 4.79 Å². The average Bonchev–Trinajstić information content (AvgIpc) is 2.60. The van der Waals surface area contributed by atoms with Crippen LogP contribution in [0.25, 0.3) is 0 Å². The Morgan fingerprint density at radius 1 is 1.04 bits per heavy atom. The summed E-state index contributed by atoms with van der Waals surface area (Å²) in [6.45, 7) is 2.96. The van der Waals surface area contributed by atoms with Crippen LogP contribution in [0.15, 0.2) is 48.5 Å². The summed E-state index contributed by atoms with van der Waals surface area (Å²) in [4.78, 5) is 27.2. The molecule has 0 radical (unpaired) electrons. The van der Waals surface area contributed by atoms with Crippen molar-refractivity contribution in [3.63, 3.8) is 0 Å². The van der Waals surface area contributed by atoms with E-state index in [2.05, 4.69) is 12.1 Å². The van der Waals surface area contributed by atoms with Crippen molar-refractivity contribution in [2.24, 2.45) is 0 Å². The molecule has 1 unspecified atom stereocenters. The van der Waals surface area contributed by atoms with Crippen molar-refractivity contribution >= 4 is 11.9 Å². The molecule has 0 saturated carbocycles. The average molecular weight is 321 g/mol. The highest BCUT2D eigenvalue weighted by Gasteiger charge is 2.45. The molecule has 4 nitrogen and oxygen atoms in total. The number of nitrogens with zero attached hydrogens (tertiary/aromatic N) is 1. The Hall–Kier alpha value is -2.62. The molecule has 4 rings (SSSR count). The minimum absolute atomic E-state index is 0.111. The van der Waals surface area contributed by atoms with E-state index in [1.807, 2.05) is 35.2 Å². The van der Waals surface area contributed by atoms with Gasteiger partial charge in [-0.05, 0) is 36.1 Å². The maximum Gasteiger partial charge on any atom is 0.339 e. The summed E-state index contributed by atoms with van der Waals surface area (Å²) >= 11 is 0. The van der Waals surface area contributed by atoms with Crippen molar-refractivity contribution in [3.05, 3.63) is 70.8 Å². The number of carbonyl (C=O) groups is 2. The van der Waals surface area contributed by atoms with Crippen LogP contribution in [0.3, 0.4) is 0 Å². The topological polar surface area (TPSA) is 46.6 Å². The minimum atomic E-state index is -1.13. The SMILES string of the molecule is CC1(C(=O)N2CCc3ccccc3C2)Cc2ccccc2C(=O)O1. The molecule has 2 heterocycles. The smallest absolute Gasteiger partial charge is 0.339 e. The first kappa shape index (κ1) is 14.9. The maximum atomic E-state index is 13.1. The van der Waals surface area contributed by atoms with Gasteiger partial charge >= 0.3 is 5.97 Å². The lowest BCUT2D eigenvalue weighted by Crippen LogP contribution is -2.54. The number of cyclic esters (lactones) is 1. The molecular formula is C20H19NO3. The first-order chi connectivity index (χ1) is 11.6. The second kappa shape index (κ2) is 5.48. The monoisotopic (exact) mass is 321 g/mol. The van der Waals surface area contributed by atoms with Gasteiger partial charge in [0, 0.05) is 19.5 Å². The van der Waals surface area contributed by atoms with Gasteiger partial charge in [-0.1, -0.05) is 42.5 Å². The Morgan fingerprint density at radius 2 is 1.71 bits per heavy atom. The Kier molecular flexibility index (Phi) is 3.41. The van der Waals surface area contributed by atoms with E-state index in [0.717, 1.165) is 12.0 Å². The van der Waals surface area contributed by atoms with Gasteiger partial charge in [0.15, 0.2) is 5.60 Å². The van der Waals surface area contributed by atoms with Crippen LogP contribution in [0.5, 0.6) is 0 Å². The molecule has 1 amide bonds. The second-order valence-electron chi connectivity index (χ2n) is 6.70. The molecule has 0 saturated heterocycles. The third-order valence-electron chi connectivity index (χ3n) is 4.95. The quantitative estimate of drug-likeness (QED) is 0.759. The van der Waals surface area contributed by atoms with E-state index in [9.17, 15) is 9.59 Å². The van der Waals surface area contributed by atoms with E-state index in [0.29, 0.717) is 25.1 Å². The van der Waals surface area contributed by atoms with Gasteiger partial charge in [-0.3, -0.25) is 4.79 Å². The highest BCUT2D eigenvalue weighted by molar-refractivity contribution is 5.97. The first-order valence-electron chi connectivity index (χ1n) is 8.24. The predicted molar refractivity (Wildman–Crippen MR) is 89.5 cm³/mol. The van der Waals surface area contributed by atoms with Gasteiger partial charge in [0.25, 0.3) is 5.91 Å². The number of esters is 1. The van der Waals surface area contributed by atoms with Gasteiger partial charge < -0.3 is 9.64 Å². The fourth-order valence-corrected chi connectivity index (χ4v) is 3.66. The Morgan fingerprint density at radius 3 is 2.50 bits per heavy atom. The summed E-state index contributed by atoms with van der Waals surface area (Å²) in [5.74, 6) is -0.523. The molecule has 2 aromatic carbocycles. The molecule has 2 aromatic rings. The maximum absolute atomic E-state index is 13.1. The zero-order chi connectivity index (χ0) is 16.7. The molecule has 24 heavy (non-hydrogen) atoms. The molecule has 4 heteroatoms. The molecule has 0 bridgehead atoms. The predicted octanol–water partition coefficient (Wildman–Crippen LogP) is 2.74. The molecule has 0 N–H and O–H groups in total. The number of rotatable bonds is 1. The lowest BCUT2D eigenvalue weighted by atomic mass is 9.88. The number of hydrogen-bond donors (Lipinski definition) is 0. The van der Waals surface area contributed by atoms with Gasteiger partial charge in [0.1, 0.15) is 0 Å². The van der Waals surface area contributed by atoms with Crippen molar-refractivity contribution in [1.29, 1.82) is 0 Å². The van der Waals surface area contributed by atoms with Crippen LogP contribution >= 0.6 is 0 Å². The summed E-state index contributed by atoms with van der Waals surface area (Å²) in [5, 5.41) is 0. The number of ether oxygens (including phenoxy) is 1. The molecule has 0 aromatic heterocycles. The molecule has 2 aliphatic rings. The van der Waals surface area contributed by atoms with Gasteiger partial charge in [-0.15, -0.1) is 0 Å². The van der Waals surface area contributed by atoms with Gasteiger partial charge in [-0.2, -0.15) is 0 Å². The minimum Gasteiger partial charge on any atom is -0.445 e. The van der Waals surface area contributed by atoms with E-state index < -0.39 is 11.6 Å². The fourth-order valence-electron chi connectivity index (χ4n) is 3.66. The molecule has 2 aliphatic heterocycles. The Labute approximate surface area is 141 Å². The highest BCUT2D eigenvalue weighted by atomic mass is 16.6. The van der Waals surface area contributed by atoms with Crippen LogP contribution in [-0.2, 0) is 28.9 Å². The standard InChI is InChI=1S/C20H19NO3/c1-20(12-15-7-4-5-9-17(15)18(22)24-20)19(23)21-11-10-14-6-2-3-8-16(14)13-21/h2-9H,10-13H2,1H3. The third-order valence-corrected chi connectivity index (χ3v) is 4.95. The lowest BCUT2D eigenvalue weighted by Gasteiger charge is -2.39. The van der Waals surface area contributed by atoms with E-state index in [1.165, 1.54) is 11.1 Å². The molecule has 0 fully saturated rings. The van der Waals surface area contributed by atoms with Crippen LogP contribution in [0.4, 0.5) is 0 Å². The Balaban J connectivity index is 1.60. The molecule has 1 atom stereocenters. The van der Waals surface area contributed by atoms with Crippen LogP contribution in [0, 0.1) is 0 Å².